The minimum atomic E-state index is -0.714. The number of benzene rings is 3. The molecule has 0 radical (unpaired) electrons. The molecular formula is C23H26ClNO2. The Morgan fingerprint density at radius 3 is 2.19 bits per heavy atom. The molecule has 0 aliphatic rings. The van der Waals surface area contributed by atoms with Crippen molar-refractivity contribution in [1.82, 2.24) is 4.90 Å². The monoisotopic (exact) mass is 383 g/mol. The van der Waals surface area contributed by atoms with Crippen molar-refractivity contribution in [3.63, 3.8) is 0 Å². The number of aliphatic carboxylic acids is 1. The molecular weight excluding hydrogens is 358 g/mol. The van der Waals surface area contributed by atoms with Crippen LogP contribution in [0.2, 0.25) is 0 Å². The van der Waals surface area contributed by atoms with E-state index in [1.54, 1.807) is 0 Å². The summed E-state index contributed by atoms with van der Waals surface area (Å²) >= 11 is 0. The number of halogens is 1. The van der Waals surface area contributed by atoms with E-state index in [1.165, 1.54) is 21.9 Å². The minimum Gasteiger partial charge on any atom is -0.481 e. The lowest BCUT2D eigenvalue weighted by molar-refractivity contribution is -0.137. The van der Waals surface area contributed by atoms with Gasteiger partial charge in [-0.1, -0.05) is 66.7 Å². The largest absolute Gasteiger partial charge is 0.481 e. The standard InChI is InChI=1S/C23H25NO2.ClH/c25-23(26)12-6-7-15-24(17-19-8-2-1-3-9-19)18-20-13-14-21-10-4-5-11-22(21)16-20;/h1-5,8-11,13-14,16H,6-7,12,15,17-18H2,(H,25,26);1H. The van der Waals surface area contributed by atoms with Gasteiger partial charge in [-0.05, 0) is 47.4 Å². The Bertz CT molecular complexity index is 851. The first-order valence-corrected chi connectivity index (χ1v) is 9.16. The fraction of sp³-hybridized carbons (Fsp3) is 0.261. The maximum absolute atomic E-state index is 10.7. The van der Waals surface area contributed by atoms with Crippen molar-refractivity contribution >= 4 is 29.1 Å². The van der Waals surface area contributed by atoms with Crippen LogP contribution in [0, 0.1) is 0 Å². The smallest absolute Gasteiger partial charge is 0.303 e. The molecule has 27 heavy (non-hydrogen) atoms. The van der Waals surface area contributed by atoms with E-state index < -0.39 is 5.97 Å². The van der Waals surface area contributed by atoms with E-state index in [0.717, 1.165) is 32.5 Å². The molecule has 1 N–H and O–H groups in total. The van der Waals surface area contributed by atoms with E-state index in [1.807, 2.05) is 6.07 Å². The molecule has 0 atom stereocenters. The lowest BCUT2D eigenvalue weighted by atomic mass is 10.1. The second kappa shape index (κ2) is 10.7. The second-order valence-electron chi connectivity index (χ2n) is 6.73. The molecule has 0 saturated heterocycles. The van der Waals surface area contributed by atoms with E-state index >= 15 is 0 Å². The SMILES string of the molecule is Cl.O=C(O)CCCCN(Cc1ccccc1)Cc1ccc2ccccc2c1. The molecule has 0 aromatic heterocycles. The van der Waals surface area contributed by atoms with E-state index in [0.29, 0.717) is 0 Å². The molecule has 3 nitrogen and oxygen atoms in total. The minimum absolute atomic E-state index is 0. The Balaban J connectivity index is 0.00000261. The Kier molecular flexibility index (Phi) is 8.31. The van der Waals surface area contributed by atoms with Gasteiger partial charge in [0.05, 0.1) is 0 Å². The van der Waals surface area contributed by atoms with Gasteiger partial charge < -0.3 is 5.11 Å². The Labute approximate surface area is 167 Å². The van der Waals surface area contributed by atoms with Crippen LogP contribution in [0.1, 0.15) is 30.4 Å². The molecule has 3 aromatic carbocycles. The number of rotatable bonds is 9. The van der Waals surface area contributed by atoms with Crippen molar-refractivity contribution < 1.29 is 9.90 Å². The Hall–Kier alpha value is -2.36. The molecule has 0 heterocycles. The van der Waals surface area contributed by atoms with Gasteiger partial charge in [0.15, 0.2) is 0 Å². The lowest BCUT2D eigenvalue weighted by Crippen LogP contribution is -2.24. The normalized spacial score (nSPS) is 10.7. The summed E-state index contributed by atoms with van der Waals surface area (Å²) in [5, 5.41) is 11.4. The van der Waals surface area contributed by atoms with Crippen molar-refractivity contribution in [1.29, 1.82) is 0 Å². The number of hydrogen-bond acceptors (Lipinski definition) is 2. The average Bonchev–Trinajstić information content (AvgIpc) is 2.66. The molecule has 0 aliphatic heterocycles. The summed E-state index contributed by atoms with van der Waals surface area (Å²) in [4.78, 5) is 13.1. The van der Waals surface area contributed by atoms with E-state index in [9.17, 15) is 4.79 Å². The number of hydrogen-bond donors (Lipinski definition) is 1. The molecule has 3 aromatic rings. The summed E-state index contributed by atoms with van der Waals surface area (Å²) in [6.07, 6.45) is 1.86. The van der Waals surface area contributed by atoms with Crippen LogP contribution in [0.5, 0.6) is 0 Å². The molecule has 0 amide bonds. The van der Waals surface area contributed by atoms with E-state index in [4.69, 9.17) is 5.11 Å². The first kappa shape index (κ1) is 20.9. The highest BCUT2D eigenvalue weighted by Gasteiger charge is 2.08. The number of fused-ring (bicyclic) bond motifs is 1. The quantitative estimate of drug-likeness (QED) is 0.494. The van der Waals surface area contributed by atoms with Gasteiger partial charge in [-0.25, -0.2) is 0 Å². The third-order valence-corrected chi connectivity index (χ3v) is 4.58. The van der Waals surface area contributed by atoms with Gasteiger partial charge in [0, 0.05) is 19.5 Å². The van der Waals surface area contributed by atoms with Crippen molar-refractivity contribution in [2.24, 2.45) is 0 Å². The average molecular weight is 384 g/mol. The number of unbranched alkanes of at least 4 members (excludes halogenated alkanes) is 1. The van der Waals surface area contributed by atoms with Crippen LogP contribution in [0.25, 0.3) is 10.8 Å². The van der Waals surface area contributed by atoms with Gasteiger partial charge >= 0.3 is 5.97 Å². The Morgan fingerprint density at radius 1 is 0.778 bits per heavy atom. The van der Waals surface area contributed by atoms with Crippen LogP contribution in [0.3, 0.4) is 0 Å². The van der Waals surface area contributed by atoms with Crippen LogP contribution >= 0.6 is 12.4 Å². The third-order valence-electron chi connectivity index (χ3n) is 4.58. The molecule has 142 valence electrons. The maximum atomic E-state index is 10.7. The molecule has 0 fully saturated rings. The first-order valence-electron chi connectivity index (χ1n) is 9.16. The summed E-state index contributed by atoms with van der Waals surface area (Å²) in [6.45, 7) is 2.64. The zero-order valence-corrected chi connectivity index (χ0v) is 16.2. The Morgan fingerprint density at radius 2 is 1.44 bits per heavy atom. The number of carbonyl (C=O) groups is 1. The second-order valence-corrected chi connectivity index (χ2v) is 6.73. The first-order chi connectivity index (χ1) is 12.7. The summed E-state index contributed by atoms with van der Waals surface area (Å²) < 4.78 is 0. The summed E-state index contributed by atoms with van der Waals surface area (Å²) in [5.41, 5.74) is 2.57. The summed E-state index contributed by atoms with van der Waals surface area (Å²) in [7, 11) is 0. The zero-order chi connectivity index (χ0) is 18.2. The lowest BCUT2D eigenvalue weighted by Gasteiger charge is -2.23. The third kappa shape index (κ3) is 6.70. The van der Waals surface area contributed by atoms with E-state index in [-0.39, 0.29) is 18.8 Å². The van der Waals surface area contributed by atoms with Gasteiger partial charge in [-0.3, -0.25) is 9.69 Å². The van der Waals surface area contributed by atoms with Crippen molar-refractivity contribution in [2.45, 2.75) is 32.4 Å². The van der Waals surface area contributed by atoms with Crippen molar-refractivity contribution in [2.75, 3.05) is 6.54 Å². The van der Waals surface area contributed by atoms with Crippen LogP contribution in [0.4, 0.5) is 0 Å². The molecule has 0 spiro atoms. The number of carboxylic acids is 1. The molecule has 0 aliphatic carbocycles. The van der Waals surface area contributed by atoms with Gasteiger partial charge in [0.2, 0.25) is 0 Å². The van der Waals surface area contributed by atoms with Gasteiger partial charge in [0.25, 0.3) is 0 Å². The molecule has 4 heteroatoms. The predicted octanol–water partition coefficient (Wildman–Crippen LogP) is 5.52. The van der Waals surface area contributed by atoms with Crippen molar-refractivity contribution in [3.05, 3.63) is 83.9 Å². The number of carboxylic acid groups (broad SMARTS) is 1. The highest BCUT2D eigenvalue weighted by atomic mass is 35.5. The maximum Gasteiger partial charge on any atom is 0.303 e. The van der Waals surface area contributed by atoms with Crippen LogP contribution in [-0.4, -0.2) is 22.5 Å². The van der Waals surface area contributed by atoms with Crippen LogP contribution in [-0.2, 0) is 17.9 Å². The fourth-order valence-electron chi connectivity index (χ4n) is 3.26. The zero-order valence-electron chi connectivity index (χ0n) is 15.4. The van der Waals surface area contributed by atoms with Gasteiger partial charge in [0.1, 0.15) is 0 Å². The molecule has 0 bridgehead atoms. The summed E-state index contributed by atoms with van der Waals surface area (Å²) in [6, 6.07) is 25.5. The highest BCUT2D eigenvalue weighted by Crippen LogP contribution is 2.18. The number of nitrogens with zero attached hydrogens (tertiary/aromatic N) is 1. The van der Waals surface area contributed by atoms with Gasteiger partial charge in [-0.15, -0.1) is 12.4 Å². The molecule has 0 unspecified atom stereocenters. The topological polar surface area (TPSA) is 40.5 Å². The van der Waals surface area contributed by atoms with Gasteiger partial charge in [-0.2, -0.15) is 0 Å². The molecule has 3 rings (SSSR count). The summed E-state index contributed by atoms with van der Waals surface area (Å²) in [5.74, 6) is -0.714. The van der Waals surface area contributed by atoms with Crippen LogP contribution < -0.4 is 0 Å². The molecule has 0 saturated carbocycles. The van der Waals surface area contributed by atoms with Crippen molar-refractivity contribution in [3.8, 4) is 0 Å². The highest BCUT2D eigenvalue weighted by molar-refractivity contribution is 5.85. The van der Waals surface area contributed by atoms with E-state index in [2.05, 4.69) is 71.6 Å². The predicted molar refractivity (Wildman–Crippen MR) is 113 cm³/mol. The van der Waals surface area contributed by atoms with Crippen LogP contribution in [0.15, 0.2) is 72.8 Å². The fourth-order valence-corrected chi connectivity index (χ4v) is 3.26.